The van der Waals surface area contributed by atoms with Crippen LogP contribution in [-0.4, -0.2) is 37.1 Å². The Morgan fingerprint density at radius 3 is 2.14 bits per heavy atom. The second-order valence-electron chi connectivity index (χ2n) is 14.2. The molecule has 0 radical (unpaired) electrons. The molecule has 4 aromatic carbocycles. The fraction of sp³-hybridized carbons (Fsp3) is 0.317. The number of anilines is 1. The molecule has 0 aromatic heterocycles. The summed E-state index contributed by atoms with van der Waals surface area (Å²) >= 11 is 6.15. The molecule has 0 unspecified atom stereocenters. The van der Waals surface area contributed by atoms with Crippen LogP contribution in [0.2, 0.25) is 5.02 Å². The molecule has 0 saturated heterocycles. The summed E-state index contributed by atoms with van der Waals surface area (Å²) < 4.78 is 30.9. The number of amides is 2. The Kier molecular flexibility index (Phi) is 13.0. The number of allylic oxidation sites excluding steroid dienone is 2. The number of carbonyl (C=O) groups excluding carboxylic acids is 2. The number of rotatable bonds is 11. The molecule has 2 atom stereocenters. The van der Waals surface area contributed by atoms with Gasteiger partial charge in [-0.05, 0) is 119 Å². The van der Waals surface area contributed by atoms with E-state index in [9.17, 15) is 18.0 Å². The van der Waals surface area contributed by atoms with Gasteiger partial charge in [-0.3, -0.25) is 14.1 Å². The van der Waals surface area contributed by atoms with Crippen LogP contribution in [-0.2, 0) is 21.3 Å². The van der Waals surface area contributed by atoms with Gasteiger partial charge in [0.1, 0.15) is 0 Å². The van der Waals surface area contributed by atoms with Crippen LogP contribution in [0.5, 0.6) is 0 Å². The van der Waals surface area contributed by atoms with Gasteiger partial charge >= 0.3 is 0 Å². The molecule has 51 heavy (non-hydrogen) atoms. The number of aryl methyl sites for hydroxylation is 1. The molecule has 0 heterocycles. The van der Waals surface area contributed by atoms with Crippen molar-refractivity contribution in [2.24, 2.45) is 11.3 Å². The van der Waals surface area contributed by atoms with Gasteiger partial charge in [0.2, 0.25) is 5.91 Å². The first-order chi connectivity index (χ1) is 23.7. The number of carbonyl (C=O) groups is 2. The molecular formula is C41H48ClN3O5S. The van der Waals surface area contributed by atoms with Crippen LogP contribution in [0, 0.1) is 18.3 Å². The van der Waals surface area contributed by atoms with Gasteiger partial charge in [0.15, 0.2) is 0 Å². The maximum absolute atomic E-state index is 14.0. The summed E-state index contributed by atoms with van der Waals surface area (Å²) in [6.07, 6.45) is 6.03. The number of hydrogen-bond acceptors (Lipinski definition) is 5. The average molecular weight is 730 g/mol. The van der Waals surface area contributed by atoms with E-state index in [0.717, 1.165) is 47.1 Å². The molecule has 10 heteroatoms. The lowest BCUT2D eigenvalue weighted by molar-refractivity contribution is -0.117. The SMILES string of the molecule is Cc1cc(Cl)ccc1-c1ccc(NC(=O)[C@@H](Cc2ccc(C(=O)NCCS(=O)(=O)O)cc2)c2ccc(C3=CC[C@H](C(C)(C)C)CC3)cc2)cc1.N. The number of halogens is 1. The molecule has 0 spiro atoms. The van der Waals surface area contributed by atoms with E-state index in [1.165, 1.54) is 11.1 Å². The number of nitrogens with one attached hydrogen (secondary N) is 2. The molecule has 1 aliphatic rings. The van der Waals surface area contributed by atoms with E-state index >= 15 is 0 Å². The minimum absolute atomic E-state index is 0. The molecule has 0 fully saturated rings. The molecule has 270 valence electrons. The molecule has 0 saturated carbocycles. The van der Waals surface area contributed by atoms with E-state index in [0.29, 0.717) is 28.6 Å². The van der Waals surface area contributed by atoms with Gasteiger partial charge in [-0.1, -0.05) is 93.0 Å². The fourth-order valence-electron chi connectivity index (χ4n) is 6.51. The predicted octanol–water partition coefficient (Wildman–Crippen LogP) is 9.29. The van der Waals surface area contributed by atoms with Gasteiger partial charge < -0.3 is 16.8 Å². The number of hydrogen-bond donors (Lipinski definition) is 4. The van der Waals surface area contributed by atoms with Crippen molar-refractivity contribution >= 4 is 44.8 Å². The average Bonchev–Trinajstić information content (AvgIpc) is 3.07. The number of benzene rings is 4. The van der Waals surface area contributed by atoms with Crippen LogP contribution in [0.1, 0.15) is 78.6 Å². The maximum Gasteiger partial charge on any atom is 0.266 e. The lowest BCUT2D eigenvalue weighted by atomic mass is 9.72. The third kappa shape index (κ3) is 10.9. The Balaban J connectivity index is 0.00000583. The first-order valence-electron chi connectivity index (χ1n) is 17.0. The first kappa shape index (κ1) is 39.5. The highest BCUT2D eigenvalue weighted by Crippen LogP contribution is 2.40. The minimum atomic E-state index is -4.17. The second-order valence-corrected chi connectivity index (χ2v) is 16.2. The van der Waals surface area contributed by atoms with Crippen LogP contribution < -0.4 is 16.8 Å². The zero-order chi connectivity index (χ0) is 36.1. The summed E-state index contributed by atoms with van der Waals surface area (Å²) in [6.45, 7) is 8.74. The second kappa shape index (κ2) is 16.8. The van der Waals surface area contributed by atoms with E-state index in [4.69, 9.17) is 16.2 Å². The Labute approximate surface area is 307 Å². The highest BCUT2D eigenvalue weighted by atomic mass is 35.5. The van der Waals surface area contributed by atoms with E-state index in [1.807, 2.05) is 61.5 Å². The molecule has 8 nitrogen and oxygen atoms in total. The predicted molar refractivity (Wildman–Crippen MR) is 208 cm³/mol. The van der Waals surface area contributed by atoms with Gasteiger partial charge in [0.05, 0.1) is 11.7 Å². The molecule has 0 aliphatic heterocycles. The molecular weight excluding hydrogens is 682 g/mol. The first-order valence-corrected chi connectivity index (χ1v) is 18.9. The molecule has 5 rings (SSSR count). The van der Waals surface area contributed by atoms with Crippen molar-refractivity contribution in [2.75, 3.05) is 17.6 Å². The zero-order valence-electron chi connectivity index (χ0n) is 29.7. The van der Waals surface area contributed by atoms with Crippen molar-refractivity contribution in [3.63, 3.8) is 0 Å². The standard InChI is InChI=1S/C41H45ClN2O5S.H3N/c1-27-25-35(42)19-22-37(27)31-15-20-36(21-16-31)44-40(46)38(26-28-5-7-33(8-6-28)39(45)43-23-24-50(47,48)49)32-11-9-29(10-12-32)30-13-17-34(18-14-30)41(2,3)4;/h5-13,15-16,19-22,25,34,38H,14,17-18,23-24,26H2,1-4H3,(H,43,45)(H,44,46)(H,47,48,49);1H3/t34-,38-;/m0./s1. The van der Waals surface area contributed by atoms with Crippen molar-refractivity contribution < 1.29 is 22.6 Å². The topological polar surface area (TPSA) is 148 Å². The van der Waals surface area contributed by atoms with Gasteiger partial charge in [-0.15, -0.1) is 0 Å². The monoisotopic (exact) mass is 729 g/mol. The van der Waals surface area contributed by atoms with E-state index < -0.39 is 27.7 Å². The van der Waals surface area contributed by atoms with Crippen molar-refractivity contribution in [1.82, 2.24) is 11.5 Å². The van der Waals surface area contributed by atoms with Crippen LogP contribution in [0.3, 0.4) is 0 Å². The molecule has 4 aromatic rings. The van der Waals surface area contributed by atoms with Crippen molar-refractivity contribution in [2.45, 2.75) is 59.3 Å². The Morgan fingerprint density at radius 1 is 0.922 bits per heavy atom. The summed E-state index contributed by atoms with van der Waals surface area (Å²) in [5.41, 5.74) is 8.75. The summed E-state index contributed by atoms with van der Waals surface area (Å²) in [5, 5.41) is 6.30. The summed E-state index contributed by atoms with van der Waals surface area (Å²) in [6, 6.07) is 28.8. The smallest absolute Gasteiger partial charge is 0.266 e. The normalized spacial score (nSPS) is 15.3. The lowest BCUT2D eigenvalue weighted by Gasteiger charge is -2.33. The molecule has 1 aliphatic carbocycles. The summed E-state index contributed by atoms with van der Waals surface area (Å²) in [4.78, 5) is 26.5. The third-order valence-electron chi connectivity index (χ3n) is 9.59. The Bertz CT molecular complexity index is 1970. The van der Waals surface area contributed by atoms with Crippen molar-refractivity contribution in [3.8, 4) is 11.1 Å². The van der Waals surface area contributed by atoms with E-state index in [2.05, 4.69) is 49.6 Å². The van der Waals surface area contributed by atoms with E-state index in [-0.39, 0.29) is 24.0 Å². The third-order valence-corrected chi connectivity index (χ3v) is 10.5. The van der Waals surface area contributed by atoms with E-state index in [1.54, 1.807) is 24.3 Å². The minimum Gasteiger partial charge on any atom is -0.351 e. The lowest BCUT2D eigenvalue weighted by Crippen LogP contribution is -2.28. The van der Waals surface area contributed by atoms with Gasteiger partial charge in [0, 0.05) is 22.8 Å². The van der Waals surface area contributed by atoms with Crippen LogP contribution in [0.25, 0.3) is 16.7 Å². The molecule has 0 bridgehead atoms. The van der Waals surface area contributed by atoms with Crippen LogP contribution >= 0.6 is 11.6 Å². The van der Waals surface area contributed by atoms with Gasteiger partial charge in [-0.2, -0.15) is 8.42 Å². The zero-order valence-corrected chi connectivity index (χ0v) is 31.3. The van der Waals surface area contributed by atoms with Crippen molar-refractivity contribution in [3.05, 3.63) is 130 Å². The van der Waals surface area contributed by atoms with Crippen LogP contribution in [0.15, 0.2) is 97.1 Å². The molecule has 6 N–H and O–H groups in total. The van der Waals surface area contributed by atoms with Crippen molar-refractivity contribution in [1.29, 1.82) is 0 Å². The Morgan fingerprint density at radius 2 is 1.57 bits per heavy atom. The highest BCUT2D eigenvalue weighted by molar-refractivity contribution is 7.85. The fourth-order valence-corrected chi connectivity index (χ4v) is 7.10. The van der Waals surface area contributed by atoms with Gasteiger partial charge in [0.25, 0.3) is 16.0 Å². The van der Waals surface area contributed by atoms with Crippen LogP contribution in [0.4, 0.5) is 5.69 Å². The van der Waals surface area contributed by atoms with Gasteiger partial charge in [-0.25, -0.2) is 0 Å². The maximum atomic E-state index is 14.0. The summed E-state index contributed by atoms with van der Waals surface area (Å²) in [7, 11) is -4.17. The summed E-state index contributed by atoms with van der Waals surface area (Å²) in [5.74, 6) is -1.01. The quantitative estimate of drug-likeness (QED) is 0.113. The molecule has 2 amide bonds. The largest absolute Gasteiger partial charge is 0.351 e. The Hall–Kier alpha value is -4.28. The highest BCUT2D eigenvalue weighted by Gasteiger charge is 2.27.